The Morgan fingerprint density at radius 1 is 1.38 bits per heavy atom. The lowest BCUT2D eigenvalue weighted by Gasteiger charge is -2.09. The van der Waals surface area contributed by atoms with Gasteiger partial charge >= 0.3 is 5.97 Å². The summed E-state index contributed by atoms with van der Waals surface area (Å²) in [5, 5.41) is 11.1. The van der Waals surface area contributed by atoms with Crippen LogP contribution < -0.4 is 0 Å². The molecular weight excluding hydrogens is 308 g/mol. The number of nitrogens with zero attached hydrogens (tertiary/aromatic N) is 2. The molecule has 0 spiro atoms. The van der Waals surface area contributed by atoms with Gasteiger partial charge in [-0.25, -0.2) is 9.97 Å². The second kappa shape index (κ2) is 7.09. The van der Waals surface area contributed by atoms with Gasteiger partial charge in [0.1, 0.15) is 10.9 Å². The minimum Gasteiger partial charge on any atom is -0.481 e. The largest absolute Gasteiger partial charge is 0.481 e. The summed E-state index contributed by atoms with van der Waals surface area (Å²) in [6, 6.07) is 5.52. The zero-order valence-corrected chi connectivity index (χ0v) is 13.5. The van der Waals surface area contributed by atoms with E-state index in [-0.39, 0.29) is 6.42 Å². The van der Waals surface area contributed by atoms with Gasteiger partial charge in [0.15, 0.2) is 0 Å². The Morgan fingerprint density at radius 2 is 2.14 bits per heavy atom. The number of halogens is 1. The van der Waals surface area contributed by atoms with Gasteiger partial charge in [-0.1, -0.05) is 25.4 Å². The van der Waals surface area contributed by atoms with Gasteiger partial charge in [0.05, 0.1) is 11.9 Å². The van der Waals surface area contributed by atoms with Crippen molar-refractivity contribution in [1.29, 1.82) is 0 Å². The number of aliphatic carboxylic acids is 1. The van der Waals surface area contributed by atoms with Gasteiger partial charge in [-0.3, -0.25) is 4.79 Å². The number of carboxylic acids is 1. The van der Waals surface area contributed by atoms with Crippen LogP contribution in [-0.2, 0) is 11.2 Å². The average Bonchev–Trinajstić information content (AvgIpc) is 2.38. The summed E-state index contributed by atoms with van der Waals surface area (Å²) in [5.41, 5.74) is 0.850. The van der Waals surface area contributed by atoms with Crippen molar-refractivity contribution >= 4 is 40.2 Å². The molecule has 6 heteroatoms. The third kappa shape index (κ3) is 4.58. The predicted molar refractivity (Wildman–Crippen MR) is 86.1 cm³/mol. The maximum atomic E-state index is 10.7. The van der Waals surface area contributed by atoms with E-state index >= 15 is 0 Å². The Hall–Kier alpha value is -1.33. The summed E-state index contributed by atoms with van der Waals surface area (Å²) in [6.45, 7) is 4.24. The van der Waals surface area contributed by atoms with Crippen molar-refractivity contribution in [3.8, 4) is 0 Å². The highest BCUT2D eigenvalue weighted by atomic mass is 35.5. The maximum absolute atomic E-state index is 10.7. The highest BCUT2D eigenvalue weighted by Crippen LogP contribution is 2.28. The van der Waals surface area contributed by atoms with Crippen LogP contribution in [0.25, 0.3) is 10.9 Å². The number of fused-ring (bicyclic) bond motifs is 1. The number of hydrogen-bond donors (Lipinski definition) is 1. The molecule has 0 fully saturated rings. The Labute approximate surface area is 132 Å². The van der Waals surface area contributed by atoms with Crippen LogP contribution in [0.1, 0.15) is 26.1 Å². The molecule has 0 atom stereocenters. The molecule has 0 aliphatic carbocycles. The SMILES string of the molecule is CC(C)Cc1nc(SCCC(=O)O)c2cc(Cl)ccc2n1. The quantitative estimate of drug-likeness (QED) is 0.641. The van der Waals surface area contributed by atoms with Crippen LogP contribution in [0.2, 0.25) is 5.02 Å². The van der Waals surface area contributed by atoms with E-state index in [4.69, 9.17) is 16.7 Å². The minimum absolute atomic E-state index is 0.107. The molecule has 0 saturated carbocycles. The number of aromatic nitrogens is 2. The van der Waals surface area contributed by atoms with Crippen molar-refractivity contribution < 1.29 is 9.90 Å². The fraction of sp³-hybridized carbons (Fsp3) is 0.400. The average molecular weight is 325 g/mol. The summed E-state index contributed by atoms with van der Waals surface area (Å²) in [5.74, 6) is 0.931. The van der Waals surface area contributed by atoms with Crippen LogP contribution in [-0.4, -0.2) is 26.8 Å². The number of hydrogen-bond acceptors (Lipinski definition) is 4. The van der Waals surface area contributed by atoms with Crippen molar-refractivity contribution in [2.75, 3.05) is 5.75 Å². The van der Waals surface area contributed by atoms with E-state index in [1.807, 2.05) is 18.2 Å². The first-order valence-corrected chi connectivity index (χ1v) is 8.13. The van der Waals surface area contributed by atoms with Crippen molar-refractivity contribution in [2.24, 2.45) is 5.92 Å². The molecule has 112 valence electrons. The van der Waals surface area contributed by atoms with Gasteiger partial charge in [-0.05, 0) is 24.1 Å². The molecule has 1 N–H and O–H groups in total. The summed E-state index contributed by atoms with van der Waals surface area (Å²) in [7, 11) is 0. The molecule has 1 aromatic heterocycles. The first-order valence-electron chi connectivity index (χ1n) is 6.76. The molecule has 0 aliphatic rings. The van der Waals surface area contributed by atoms with Gasteiger partial charge in [-0.2, -0.15) is 0 Å². The third-order valence-electron chi connectivity index (χ3n) is 2.81. The monoisotopic (exact) mass is 324 g/mol. The maximum Gasteiger partial charge on any atom is 0.304 e. The minimum atomic E-state index is -0.804. The lowest BCUT2D eigenvalue weighted by molar-refractivity contribution is -0.136. The summed E-state index contributed by atoms with van der Waals surface area (Å²) < 4.78 is 0. The van der Waals surface area contributed by atoms with E-state index in [2.05, 4.69) is 23.8 Å². The highest BCUT2D eigenvalue weighted by molar-refractivity contribution is 7.99. The fourth-order valence-electron chi connectivity index (χ4n) is 1.92. The van der Waals surface area contributed by atoms with Crippen LogP contribution in [0.5, 0.6) is 0 Å². The second-order valence-corrected chi connectivity index (χ2v) is 6.72. The normalized spacial score (nSPS) is 11.2. The molecule has 2 rings (SSSR count). The number of thioether (sulfide) groups is 1. The zero-order valence-electron chi connectivity index (χ0n) is 12.0. The Balaban J connectivity index is 2.37. The Bertz CT molecular complexity index is 661. The highest BCUT2D eigenvalue weighted by Gasteiger charge is 2.11. The first kappa shape index (κ1) is 16.0. The van der Waals surface area contributed by atoms with Crippen LogP contribution in [0.15, 0.2) is 23.2 Å². The molecule has 0 amide bonds. The van der Waals surface area contributed by atoms with Gasteiger partial charge in [0, 0.05) is 22.6 Å². The molecule has 0 unspecified atom stereocenters. The van der Waals surface area contributed by atoms with Crippen LogP contribution in [0.4, 0.5) is 0 Å². The van der Waals surface area contributed by atoms with E-state index in [0.717, 1.165) is 28.2 Å². The predicted octanol–water partition coefficient (Wildman–Crippen LogP) is 4.05. The molecule has 1 aromatic carbocycles. The van der Waals surface area contributed by atoms with Crippen LogP contribution in [0, 0.1) is 5.92 Å². The van der Waals surface area contributed by atoms with E-state index in [0.29, 0.717) is 16.7 Å². The van der Waals surface area contributed by atoms with Gasteiger partial charge in [0.2, 0.25) is 0 Å². The van der Waals surface area contributed by atoms with Gasteiger partial charge < -0.3 is 5.11 Å². The van der Waals surface area contributed by atoms with Crippen molar-refractivity contribution in [3.63, 3.8) is 0 Å². The molecule has 0 aliphatic heterocycles. The van der Waals surface area contributed by atoms with Gasteiger partial charge in [0.25, 0.3) is 0 Å². The lowest BCUT2D eigenvalue weighted by atomic mass is 10.1. The number of carbonyl (C=O) groups is 1. The molecule has 0 bridgehead atoms. The Kier molecular flexibility index (Phi) is 5.42. The molecule has 4 nitrogen and oxygen atoms in total. The van der Waals surface area contributed by atoms with Gasteiger partial charge in [-0.15, -0.1) is 11.8 Å². The lowest BCUT2D eigenvalue weighted by Crippen LogP contribution is -2.03. The summed E-state index contributed by atoms with van der Waals surface area (Å²) in [4.78, 5) is 19.8. The Morgan fingerprint density at radius 3 is 2.81 bits per heavy atom. The van der Waals surface area contributed by atoms with Crippen molar-refractivity contribution in [3.05, 3.63) is 29.0 Å². The second-order valence-electron chi connectivity index (χ2n) is 5.20. The molecular formula is C15H17ClN2O2S. The van der Waals surface area contributed by atoms with Crippen molar-refractivity contribution in [1.82, 2.24) is 9.97 Å². The topological polar surface area (TPSA) is 63.1 Å². The van der Waals surface area contributed by atoms with E-state index in [1.165, 1.54) is 11.8 Å². The van der Waals surface area contributed by atoms with Crippen LogP contribution in [0.3, 0.4) is 0 Å². The summed E-state index contributed by atoms with van der Waals surface area (Å²) >= 11 is 7.48. The number of carboxylic acid groups (broad SMARTS) is 1. The smallest absolute Gasteiger partial charge is 0.304 e. The van der Waals surface area contributed by atoms with Crippen molar-refractivity contribution in [2.45, 2.75) is 31.7 Å². The first-order chi connectivity index (χ1) is 9.95. The number of benzene rings is 1. The summed E-state index contributed by atoms with van der Waals surface area (Å²) in [6.07, 6.45) is 0.904. The van der Waals surface area contributed by atoms with E-state index < -0.39 is 5.97 Å². The molecule has 0 saturated heterocycles. The van der Waals surface area contributed by atoms with E-state index in [9.17, 15) is 4.79 Å². The standard InChI is InChI=1S/C15H17ClN2O2S/c1-9(2)7-13-17-12-4-3-10(16)8-11(12)15(18-13)21-6-5-14(19)20/h3-4,8-9H,5-7H2,1-2H3,(H,19,20). The molecule has 0 radical (unpaired) electrons. The molecule has 2 aromatic rings. The zero-order chi connectivity index (χ0) is 15.4. The van der Waals surface area contributed by atoms with E-state index in [1.54, 1.807) is 0 Å². The number of rotatable bonds is 6. The third-order valence-corrected chi connectivity index (χ3v) is 4.04. The fourth-order valence-corrected chi connectivity index (χ4v) is 3.05. The molecule has 1 heterocycles. The molecule has 21 heavy (non-hydrogen) atoms. The van der Waals surface area contributed by atoms with Crippen LogP contribution >= 0.6 is 23.4 Å².